The van der Waals surface area contributed by atoms with Crippen LogP contribution in [0, 0.1) is 5.41 Å². The van der Waals surface area contributed by atoms with Gasteiger partial charge in [-0.2, -0.15) is 0 Å². The molecule has 0 heterocycles. The zero-order valence-corrected chi connectivity index (χ0v) is 9.07. The van der Waals surface area contributed by atoms with Gasteiger partial charge in [0.15, 0.2) is 0 Å². The fourth-order valence-corrected chi connectivity index (χ4v) is 1.25. The molecule has 0 bridgehead atoms. The van der Waals surface area contributed by atoms with Crippen molar-refractivity contribution >= 4 is 5.71 Å². The first-order chi connectivity index (χ1) is 7.24. The van der Waals surface area contributed by atoms with Gasteiger partial charge < -0.3 is 10.1 Å². The average Bonchev–Trinajstić information content (AvgIpc) is 2.27. The molecule has 0 saturated heterocycles. The number of ether oxygens (including phenoxy) is 1. The summed E-state index contributed by atoms with van der Waals surface area (Å²) in [5.41, 5.74) is 1.44. The van der Waals surface area contributed by atoms with Crippen molar-refractivity contribution in [3.05, 3.63) is 48.6 Å². The first kappa shape index (κ1) is 11.7. The van der Waals surface area contributed by atoms with E-state index >= 15 is 0 Å². The zero-order chi connectivity index (χ0) is 11.1. The molecule has 1 N–H and O–H groups in total. The van der Waals surface area contributed by atoms with Crippen LogP contribution in [0.15, 0.2) is 43.0 Å². The van der Waals surface area contributed by atoms with Crippen LogP contribution in [-0.2, 0) is 4.74 Å². The molecule has 0 amide bonds. The van der Waals surface area contributed by atoms with Crippen LogP contribution in [0.25, 0.3) is 0 Å². The van der Waals surface area contributed by atoms with Gasteiger partial charge in [0.05, 0.1) is 18.4 Å². The molecule has 1 unspecified atom stereocenters. The molecule has 0 aliphatic carbocycles. The summed E-state index contributed by atoms with van der Waals surface area (Å²) in [4.78, 5) is 0. The first-order valence-corrected chi connectivity index (χ1v) is 5.09. The molecule has 1 atom stereocenters. The Bertz CT molecular complexity index is 319. The minimum atomic E-state index is 0.131. The Hall–Kier alpha value is -1.41. The monoisotopic (exact) mass is 203 g/mol. The van der Waals surface area contributed by atoms with Gasteiger partial charge in [0.25, 0.3) is 0 Å². The van der Waals surface area contributed by atoms with Crippen LogP contribution in [0.4, 0.5) is 0 Å². The van der Waals surface area contributed by atoms with Gasteiger partial charge in [0.1, 0.15) is 0 Å². The summed E-state index contributed by atoms with van der Waals surface area (Å²) in [6.07, 6.45) is 2.78. The summed E-state index contributed by atoms with van der Waals surface area (Å²) < 4.78 is 5.50. The maximum absolute atomic E-state index is 7.80. The predicted octanol–water partition coefficient (Wildman–Crippen LogP) is 3.04. The Morgan fingerprint density at radius 2 is 2.13 bits per heavy atom. The van der Waals surface area contributed by atoms with Crippen molar-refractivity contribution in [2.24, 2.45) is 0 Å². The maximum atomic E-state index is 7.80. The molecule has 2 heteroatoms. The molecule has 15 heavy (non-hydrogen) atoms. The molecular weight excluding hydrogens is 186 g/mol. The standard InChI is InChI=1S/C13H17NO/c1-3-7-11(2)15-10-13(14)12-8-5-4-6-9-12/h3-6,8-9,11,14H,1,7,10H2,2H3. The van der Waals surface area contributed by atoms with Crippen molar-refractivity contribution < 1.29 is 4.74 Å². The minimum Gasteiger partial charge on any atom is -0.372 e. The van der Waals surface area contributed by atoms with Gasteiger partial charge in [0, 0.05) is 0 Å². The van der Waals surface area contributed by atoms with E-state index in [9.17, 15) is 0 Å². The lowest BCUT2D eigenvalue weighted by Crippen LogP contribution is -2.15. The van der Waals surface area contributed by atoms with Crippen molar-refractivity contribution in [3.8, 4) is 0 Å². The molecule has 2 nitrogen and oxygen atoms in total. The lowest BCUT2D eigenvalue weighted by atomic mass is 10.1. The van der Waals surface area contributed by atoms with E-state index in [1.54, 1.807) is 0 Å². The largest absolute Gasteiger partial charge is 0.372 e. The van der Waals surface area contributed by atoms with E-state index in [0.29, 0.717) is 12.3 Å². The molecule has 80 valence electrons. The molecule has 0 aromatic heterocycles. The summed E-state index contributed by atoms with van der Waals surface area (Å²) in [5.74, 6) is 0. The van der Waals surface area contributed by atoms with Crippen molar-refractivity contribution in [2.45, 2.75) is 19.4 Å². The van der Waals surface area contributed by atoms with Crippen LogP contribution in [0.3, 0.4) is 0 Å². The fourth-order valence-electron chi connectivity index (χ4n) is 1.25. The summed E-state index contributed by atoms with van der Waals surface area (Å²) >= 11 is 0. The van der Waals surface area contributed by atoms with Crippen LogP contribution in [-0.4, -0.2) is 18.4 Å². The van der Waals surface area contributed by atoms with E-state index in [1.807, 2.05) is 43.3 Å². The average molecular weight is 203 g/mol. The highest BCUT2D eigenvalue weighted by atomic mass is 16.5. The quantitative estimate of drug-likeness (QED) is 0.559. The highest BCUT2D eigenvalue weighted by Crippen LogP contribution is 2.03. The van der Waals surface area contributed by atoms with E-state index < -0.39 is 0 Å². The van der Waals surface area contributed by atoms with Crippen LogP contribution in [0.2, 0.25) is 0 Å². The van der Waals surface area contributed by atoms with Gasteiger partial charge >= 0.3 is 0 Å². The van der Waals surface area contributed by atoms with Gasteiger partial charge in [-0.05, 0) is 18.9 Å². The molecule has 0 aliphatic heterocycles. The molecule has 1 aromatic rings. The van der Waals surface area contributed by atoms with Crippen molar-refractivity contribution in [1.29, 1.82) is 5.41 Å². The topological polar surface area (TPSA) is 33.1 Å². The van der Waals surface area contributed by atoms with Crippen molar-refractivity contribution in [3.63, 3.8) is 0 Å². The molecule has 0 aliphatic rings. The van der Waals surface area contributed by atoms with Gasteiger partial charge in [-0.3, -0.25) is 0 Å². The molecular formula is C13H17NO. The van der Waals surface area contributed by atoms with E-state index in [-0.39, 0.29) is 6.10 Å². The number of hydrogen-bond acceptors (Lipinski definition) is 2. The Balaban J connectivity index is 2.40. The van der Waals surface area contributed by atoms with Crippen molar-refractivity contribution in [2.75, 3.05) is 6.61 Å². The van der Waals surface area contributed by atoms with E-state index in [1.165, 1.54) is 0 Å². The third-order valence-corrected chi connectivity index (χ3v) is 2.13. The number of benzene rings is 1. The summed E-state index contributed by atoms with van der Waals surface area (Å²) in [6.45, 7) is 6.00. The normalized spacial score (nSPS) is 12.1. The van der Waals surface area contributed by atoms with Gasteiger partial charge in [-0.1, -0.05) is 36.4 Å². The third-order valence-electron chi connectivity index (χ3n) is 2.13. The molecule has 0 spiro atoms. The Labute approximate surface area is 91.1 Å². The second-order valence-corrected chi connectivity index (χ2v) is 3.49. The van der Waals surface area contributed by atoms with Crippen LogP contribution in [0.5, 0.6) is 0 Å². The fraction of sp³-hybridized carbons (Fsp3) is 0.308. The van der Waals surface area contributed by atoms with Gasteiger partial charge in [0.2, 0.25) is 0 Å². The minimum absolute atomic E-state index is 0.131. The SMILES string of the molecule is C=CCC(C)OCC(=N)c1ccccc1. The van der Waals surface area contributed by atoms with E-state index in [4.69, 9.17) is 10.1 Å². The number of hydrogen-bond donors (Lipinski definition) is 1. The molecule has 1 rings (SSSR count). The smallest absolute Gasteiger partial charge is 0.0890 e. The van der Waals surface area contributed by atoms with Gasteiger partial charge in [-0.15, -0.1) is 6.58 Å². The lowest BCUT2D eigenvalue weighted by molar-refractivity contribution is 0.0985. The molecule has 0 saturated carbocycles. The second kappa shape index (κ2) is 6.14. The van der Waals surface area contributed by atoms with Crippen molar-refractivity contribution in [1.82, 2.24) is 0 Å². The number of rotatable bonds is 6. The number of nitrogens with one attached hydrogen (secondary N) is 1. The summed E-state index contributed by atoms with van der Waals surface area (Å²) in [6, 6.07) is 9.64. The molecule has 0 fully saturated rings. The zero-order valence-electron chi connectivity index (χ0n) is 9.07. The maximum Gasteiger partial charge on any atom is 0.0890 e. The van der Waals surface area contributed by atoms with E-state index in [2.05, 4.69) is 6.58 Å². The third kappa shape index (κ3) is 4.09. The Kier molecular flexibility index (Phi) is 4.78. The predicted molar refractivity (Wildman–Crippen MR) is 63.5 cm³/mol. The Morgan fingerprint density at radius 1 is 1.47 bits per heavy atom. The van der Waals surface area contributed by atoms with Crippen LogP contribution >= 0.6 is 0 Å². The first-order valence-electron chi connectivity index (χ1n) is 5.09. The molecule has 1 aromatic carbocycles. The van der Waals surface area contributed by atoms with E-state index in [0.717, 1.165) is 12.0 Å². The lowest BCUT2D eigenvalue weighted by Gasteiger charge is -2.11. The Morgan fingerprint density at radius 3 is 2.73 bits per heavy atom. The van der Waals surface area contributed by atoms with Gasteiger partial charge in [-0.25, -0.2) is 0 Å². The van der Waals surface area contributed by atoms with Crippen LogP contribution in [0.1, 0.15) is 18.9 Å². The second-order valence-electron chi connectivity index (χ2n) is 3.49. The highest BCUT2D eigenvalue weighted by molar-refractivity contribution is 5.99. The summed E-state index contributed by atoms with van der Waals surface area (Å²) in [5, 5.41) is 7.80. The molecule has 0 radical (unpaired) electrons. The van der Waals surface area contributed by atoms with Crippen LogP contribution < -0.4 is 0 Å². The highest BCUT2D eigenvalue weighted by Gasteiger charge is 2.03. The summed E-state index contributed by atoms with van der Waals surface area (Å²) in [7, 11) is 0.